The van der Waals surface area contributed by atoms with Crippen LogP contribution in [0.4, 0.5) is 0 Å². The van der Waals surface area contributed by atoms with Crippen LogP contribution in [0, 0.1) is 0 Å². The lowest BCUT2D eigenvalue weighted by Crippen LogP contribution is -2.01. The fourth-order valence-corrected chi connectivity index (χ4v) is 7.12. The Kier molecular flexibility index (Phi) is 6.11. The number of fused-ring (bicyclic) bond motifs is 8. The Morgan fingerprint density at radius 1 is 0.367 bits per heavy atom. The zero-order valence-corrected chi connectivity index (χ0v) is 26.3. The summed E-state index contributed by atoms with van der Waals surface area (Å²) in [6.45, 7) is 0. The van der Waals surface area contributed by atoms with Gasteiger partial charge in [-0.2, -0.15) is 0 Å². The van der Waals surface area contributed by atoms with E-state index >= 15 is 0 Å². The van der Waals surface area contributed by atoms with Crippen molar-refractivity contribution in [2.75, 3.05) is 0 Å². The molecule has 228 valence electrons. The SMILES string of the molecule is c1ccc(-c2nc(-c3ccc(-n4c5ccc6ccccc6c5c5c6ccccc6ccc54)nc3)nc(-c3ccc4ccccc4c3)n2)cc1. The summed E-state index contributed by atoms with van der Waals surface area (Å²) in [5.41, 5.74) is 4.93. The number of hydrogen-bond donors (Lipinski definition) is 0. The number of nitrogens with zero attached hydrogens (tertiary/aromatic N) is 5. The molecule has 0 aliphatic heterocycles. The van der Waals surface area contributed by atoms with E-state index in [-0.39, 0.29) is 0 Å². The molecule has 0 N–H and O–H groups in total. The Balaban J connectivity index is 1.16. The molecule has 0 amide bonds. The Bertz CT molecular complexity index is 2780. The molecular formula is C44H27N5. The van der Waals surface area contributed by atoms with Gasteiger partial charge in [0.25, 0.3) is 0 Å². The highest BCUT2D eigenvalue weighted by Crippen LogP contribution is 2.40. The van der Waals surface area contributed by atoms with E-state index in [0.717, 1.165) is 38.9 Å². The third-order valence-electron chi connectivity index (χ3n) is 9.46. The van der Waals surface area contributed by atoms with Gasteiger partial charge in [-0.1, -0.05) is 127 Å². The number of pyridine rings is 1. The summed E-state index contributed by atoms with van der Waals surface area (Å²) in [6, 6.07) is 54.9. The van der Waals surface area contributed by atoms with Crippen LogP contribution in [0.5, 0.6) is 0 Å². The van der Waals surface area contributed by atoms with E-state index in [1.54, 1.807) is 0 Å². The monoisotopic (exact) mass is 625 g/mol. The van der Waals surface area contributed by atoms with Crippen LogP contribution in [0.25, 0.3) is 94.1 Å². The molecule has 0 saturated carbocycles. The van der Waals surface area contributed by atoms with Crippen molar-refractivity contribution in [3.05, 3.63) is 164 Å². The lowest BCUT2D eigenvalue weighted by molar-refractivity contribution is 1.05. The normalized spacial score (nSPS) is 11.7. The van der Waals surface area contributed by atoms with Crippen LogP contribution < -0.4 is 0 Å². The van der Waals surface area contributed by atoms with E-state index in [0.29, 0.717) is 17.5 Å². The zero-order chi connectivity index (χ0) is 32.3. The van der Waals surface area contributed by atoms with Crippen LogP contribution in [0.2, 0.25) is 0 Å². The molecule has 10 aromatic rings. The second-order valence-electron chi connectivity index (χ2n) is 12.3. The van der Waals surface area contributed by atoms with Gasteiger partial charge < -0.3 is 0 Å². The van der Waals surface area contributed by atoms with Gasteiger partial charge in [0.05, 0.1) is 11.0 Å². The van der Waals surface area contributed by atoms with Crippen molar-refractivity contribution in [3.8, 4) is 40.0 Å². The van der Waals surface area contributed by atoms with Crippen LogP contribution >= 0.6 is 0 Å². The van der Waals surface area contributed by atoms with Gasteiger partial charge in [-0.25, -0.2) is 19.9 Å². The summed E-state index contributed by atoms with van der Waals surface area (Å²) in [5.74, 6) is 2.66. The molecule has 0 saturated heterocycles. The molecule has 3 aromatic heterocycles. The zero-order valence-electron chi connectivity index (χ0n) is 26.3. The van der Waals surface area contributed by atoms with Gasteiger partial charge in [0.15, 0.2) is 17.5 Å². The summed E-state index contributed by atoms with van der Waals surface area (Å²) < 4.78 is 2.27. The van der Waals surface area contributed by atoms with E-state index in [2.05, 4.69) is 132 Å². The van der Waals surface area contributed by atoms with Gasteiger partial charge in [-0.05, 0) is 62.6 Å². The van der Waals surface area contributed by atoms with Crippen molar-refractivity contribution < 1.29 is 0 Å². The first-order valence-electron chi connectivity index (χ1n) is 16.4. The van der Waals surface area contributed by atoms with Gasteiger partial charge in [0, 0.05) is 33.7 Å². The molecule has 0 radical (unpaired) electrons. The van der Waals surface area contributed by atoms with Gasteiger partial charge in [0.2, 0.25) is 0 Å². The molecular weight excluding hydrogens is 599 g/mol. The Hall–Kier alpha value is -6.72. The molecule has 10 rings (SSSR count). The van der Waals surface area contributed by atoms with E-state index in [1.807, 2.05) is 36.5 Å². The highest BCUT2D eigenvalue weighted by Gasteiger charge is 2.19. The third kappa shape index (κ3) is 4.48. The maximum Gasteiger partial charge on any atom is 0.165 e. The summed E-state index contributed by atoms with van der Waals surface area (Å²) >= 11 is 0. The highest BCUT2D eigenvalue weighted by atomic mass is 15.1. The first-order chi connectivity index (χ1) is 24.3. The van der Waals surface area contributed by atoms with Crippen molar-refractivity contribution >= 4 is 54.1 Å². The van der Waals surface area contributed by atoms with E-state index in [1.165, 1.54) is 37.7 Å². The lowest BCUT2D eigenvalue weighted by Gasteiger charge is -2.10. The van der Waals surface area contributed by atoms with Crippen molar-refractivity contribution in [1.29, 1.82) is 0 Å². The minimum absolute atomic E-state index is 0.579. The van der Waals surface area contributed by atoms with Crippen LogP contribution in [-0.4, -0.2) is 24.5 Å². The van der Waals surface area contributed by atoms with Crippen molar-refractivity contribution in [2.45, 2.75) is 0 Å². The van der Waals surface area contributed by atoms with E-state index < -0.39 is 0 Å². The number of benzene rings is 7. The van der Waals surface area contributed by atoms with Gasteiger partial charge in [0.1, 0.15) is 5.82 Å². The maximum atomic E-state index is 5.07. The Morgan fingerprint density at radius 2 is 0.878 bits per heavy atom. The lowest BCUT2D eigenvalue weighted by atomic mass is 10.00. The molecule has 5 heteroatoms. The maximum absolute atomic E-state index is 5.07. The molecule has 0 aliphatic rings. The molecule has 3 heterocycles. The number of aromatic nitrogens is 5. The fourth-order valence-electron chi connectivity index (χ4n) is 7.12. The summed E-state index contributed by atoms with van der Waals surface area (Å²) in [7, 11) is 0. The summed E-state index contributed by atoms with van der Waals surface area (Å²) in [4.78, 5) is 20.0. The number of hydrogen-bond acceptors (Lipinski definition) is 4. The predicted molar refractivity (Wildman–Crippen MR) is 201 cm³/mol. The highest BCUT2D eigenvalue weighted by molar-refractivity contribution is 6.28. The minimum atomic E-state index is 0.579. The van der Waals surface area contributed by atoms with Crippen LogP contribution in [0.1, 0.15) is 0 Å². The average molecular weight is 626 g/mol. The van der Waals surface area contributed by atoms with Crippen LogP contribution in [-0.2, 0) is 0 Å². The second-order valence-corrected chi connectivity index (χ2v) is 12.3. The Labute approximate surface area is 281 Å². The molecule has 49 heavy (non-hydrogen) atoms. The quantitative estimate of drug-likeness (QED) is 0.195. The van der Waals surface area contributed by atoms with Gasteiger partial charge in [-0.3, -0.25) is 4.57 Å². The molecule has 5 nitrogen and oxygen atoms in total. The number of rotatable bonds is 4. The van der Waals surface area contributed by atoms with Gasteiger partial charge in [-0.15, -0.1) is 0 Å². The standard InChI is InChI=1S/C44H27N5/c1-2-13-31(14-3-1)42-46-43(33-19-18-28-10-4-5-15-32(28)26-33)48-44(47-42)34-22-25-39(45-27-34)49-37-23-20-29-11-6-8-16-35(29)40(37)41-36-17-9-7-12-30(36)21-24-38(41)49/h1-27H. The molecule has 7 aromatic carbocycles. The van der Waals surface area contributed by atoms with Crippen LogP contribution in [0.15, 0.2) is 164 Å². The Morgan fingerprint density at radius 3 is 1.51 bits per heavy atom. The predicted octanol–water partition coefficient (Wildman–Crippen LogP) is 10.8. The molecule has 0 unspecified atom stereocenters. The summed E-state index contributed by atoms with van der Waals surface area (Å²) in [6.07, 6.45) is 1.88. The van der Waals surface area contributed by atoms with Crippen molar-refractivity contribution in [2.24, 2.45) is 0 Å². The van der Waals surface area contributed by atoms with Crippen molar-refractivity contribution in [1.82, 2.24) is 24.5 Å². The molecule has 0 spiro atoms. The topological polar surface area (TPSA) is 56.5 Å². The largest absolute Gasteiger partial charge is 0.294 e. The van der Waals surface area contributed by atoms with E-state index in [4.69, 9.17) is 19.9 Å². The third-order valence-corrected chi connectivity index (χ3v) is 9.46. The van der Waals surface area contributed by atoms with Gasteiger partial charge >= 0.3 is 0 Å². The summed E-state index contributed by atoms with van der Waals surface area (Å²) in [5, 5.41) is 9.69. The minimum Gasteiger partial charge on any atom is -0.294 e. The fraction of sp³-hybridized carbons (Fsp3) is 0. The van der Waals surface area contributed by atoms with Crippen LogP contribution in [0.3, 0.4) is 0 Å². The first-order valence-corrected chi connectivity index (χ1v) is 16.4. The molecule has 0 atom stereocenters. The van der Waals surface area contributed by atoms with E-state index in [9.17, 15) is 0 Å². The molecule has 0 fully saturated rings. The molecule has 0 bridgehead atoms. The first kappa shape index (κ1) is 27.4. The smallest absolute Gasteiger partial charge is 0.165 e. The average Bonchev–Trinajstić information content (AvgIpc) is 3.53. The van der Waals surface area contributed by atoms with Crippen molar-refractivity contribution in [3.63, 3.8) is 0 Å². The second kappa shape index (κ2) is 10.9. The molecule has 0 aliphatic carbocycles.